The first-order valence-electron chi connectivity index (χ1n) is 14.7. The van der Waals surface area contributed by atoms with Crippen LogP contribution in [0.4, 0.5) is 5.82 Å². The second-order valence-electron chi connectivity index (χ2n) is 12.4. The number of nitrogens with zero attached hydrogens (tertiary/aromatic N) is 5. The van der Waals surface area contributed by atoms with Gasteiger partial charge in [-0.05, 0) is 27.7 Å². The van der Waals surface area contributed by atoms with Crippen LogP contribution in [0.3, 0.4) is 0 Å². The number of benzene rings is 1. The summed E-state index contributed by atoms with van der Waals surface area (Å²) < 4.78 is 30.5. The lowest BCUT2D eigenvalue weighted by Gasteiger charge is -2.51. The minimum Gasteiger partial charge on any atom is -0.414 e. The lowest BCUT2D eigenvalue weighted by atomic mass is 10.1. The van der Waals surface area contributed by atoms with E-state index >= 15 is 0 Å². The molecule has 41 heavy (non-hydrogen) atoms. The fraction of sp³-hybridized carbons (Fsp3) is 0.586. The second-order valence-corrected chi connectivity index (χ2v) is 21.2. The summed E-state index contributed by atoms with van der Waals surface area (Å²) in [7, 11) is -5.59. The van der Waals surface area contributed by atoms with Crippen LogP contribution in [-0.4, -0.2) is 67.7 Å². The Morgan fingerprint density at radius 1 is 0.927 bits per heavy atom. The average molecular weight is 597 g/mol. The molecule has 4 atom stereocenters. The van der Waals surface area contributed by atoms with Gasteiger partial charge in [0.1, 0.15) is 30.1 Å². The van der Waals surface area contributed by atoms with Crippen LogP contribution >= 0.6 is 0 Å². The van der Waals surface area contributed by atoms with E-state index in [9.17, 15) is 0 Å². The molecule has 1 aromatic carbocycles. The van der Waals surface area contributed by atoms with Gasteiger partial charge in [0.15, 0.2) is 17.7 Å². The van der Waals surface area contributed by atoms with Gasteiger partial charge in [0.25, 0.3) is 0 Å². The molecular weight excluding hydrogens is 553 g/mol. The highest BCUT2D eigenvalue weighted by atomic mass is 28.5. The van der Waals surface area contributed by atoms with Crippen molar-refractivity contribution in [3.8, 4) is 0 Å². The molecule has 2 aromatic heterocycles. The van der Waals surface area contributed by atoms with Crippen molar-refractivity contribution in [2.24, 2.45) is 4.99 Å². The first-order chi connectivity index (χ1) is 19.5. The molecule has 3 aromatic rings. The van der Waals surface area contributed by atoms with Gasteiger partial charge in [-0.15, -0.1) is 0 Å². The molecule has 5 rings (SSSR count). The summed E-state index contributed by atoms with van der Waals surface area (Å²) in [5, 5.41) is 0. The van der Waals surface area contributed by atoms with Gasteiger partial charge in [0.05, 0.1) is 12.9 Å². The molecular formula is C29H44N6O4Si2. The molecule has 0 amide bonds. The number of fused-ring (bicyclic) bond motifs is 2. The van der Waals surface area contributed by atoms with E-state index in [2.05, 4.69) is 70.3 Å². The third-order valence-corrected chi connectivity index (χ3v) is 18.7. The maximum Gasteiger partial charge on any atom is 0.335 e. The molecule has 0 aliphatic carbocycles. The lowest BCUT2D eigenvalue weighted by Crippen LogP contribution is -2.65. The van der Waals surface area contributed by atoms with Crippen LogP contribution in [0.15, 0.2) is 48.0 Å². The van der Waals surface area contributed by atoms with Crippen LogP contribution in [0, 0.1) is 0 Å². The van der Waals surface area contributed by atoms with Crippen LogP contribution in [0.1, 0.15) is 67.2 Å². The van der Waals surface area contributed by atoms with Crippen molar-refractivity contribution in [2.45, 2.75) is 102 Å². The molecule has 0 spiro atoms. The molecule has 10 nitrogen and oxygen atoms in total. The fourth-order valence-corrected chi connectivity index (χ4v) is 17.5. The first-order valence-corrected chi connectivity index (χ1v) is 18.6. The third-order valence-electron chi connectivity index (χ3n) is 8.50. The normalized spacial score (nSPS) is 26.3. The van der Waals surface area contributed by atoms with Gasteiger partial charge in [-0.2, -0.15) is 0 Å². The Morgan fingerprint density at radius 3 is 2.22 bits per heavy atom. The van der Waals surface area contributed by atoms with Crippen molar-refractivity contribution < 1.29 is 17.7 Å². The molecule has 2 fully saturated rings. The number of rotatable bonds is 7. The van der Waals surface area contributed by atoms with E-state index in [-0.39, 0.29) is 34.4 Å². The summed E-state index contributed by atoms with van der Waals surface area (Å²) >= 11 is 0. The van der Waals surface area contributed by atoms with Crippen LogP contribution in [-0.2, 0) is 17.7 Å². The van der Waals surface area contributed by atoms with E-state index < -0.39 is 29.4 Å². The molecule has 12 heteroatoms. The fourth-order valence-electron chi connectivity index (χ4n) is 6.29. The number of hydrogen-bond acceptors (Lipinski definition) is 9. The van der Waals surface area contributed by atoms with Gasteiger partial charge in [-0.3, -0.25) is 9.56 Å². The number of nitrogen functional groups attached to an aromatic ring is 1. The quantitative estimate of drug-likeness (QED) is 0.271. The van der Waals surface area contributed by atoms with E-state index in [1.54, 1.807) is 6.33 Å². The Hall–Kier alpha value is -2.49. The minimum atomic E-state index is -2.88. The summed E-state index contributed by atoms with van der Waals surface area (Å²) in [5.41, 5.74) is 9.13. The summed E-state index contributed by atoms with van der Waals surface area (Å²) in [6.45, 7) is 18.1. The summed E-state index contributed by atoms with van der Waals surface area (Å²) in [6, 6.07) is 9.66. The number of hydrogen-bond donors (Lipinski definition) is 1. The van der Waals surface area contributed by atoms with Crippen molar-refractivity contribution in [3.63, 3.8) is 0 Å². The standard InChI is InChI=1S/C29H44N6O4Si2/c1-18(2)40(19(3)4)36-15-23-26(38-41(39-40,20(5)6)21(7)8)24(31-14-22-12-10-9-11-13-22)29(37-23)35-17-34-25-27(30)32-16-33-28(25)35/h9-14,16-21,23-24,26,29H,15H2,1-8H3,(H2,30,32,33)/t23-,24-,26-,29-/m1/s1. The van der Waals surface area contributed by atoms with Gasteiger partial charge in [0, 0.05) is 6.21 Å². The zero-order valence-electron chi connectivity index (χ0n) is 25.4. The predicted octanol–water partition coefficient (Wildman–Crippen LogP) is 5.75. The topological polar surface area (TPSA) is 119 Å². The number of nitrogens with two attached hydrogens (primary N) is 1. The van der Waals surface area contributed by atoms with Crippen LogP contribution < -0.4 is 5.73 Å². The average Bonchev–Trinajstić information content (AvgIpc) is 3.49. The van der Waals surface area contributed by atoms with Gasteiger partial charge in [-0.1, -0.05) is 85.7 Å². The van der Waals surface area contributed by atoms with Crippen LogP contribution in [0.2, 0.25) is 22.2 Å². The second kappa shape index (κ2) is 11.7. The Bertz CT molecular complexity index is 1350. The lowest BCUT2D eigenvalue weighted by molar-refractivity contribution is -0.0546. The largest absolute Gasteiger partial charge is 0.414 e. The summed E-state index contributed by atoms with van der Waals surface area (Å²) in [5.74, 6) is 0.325. The first kappa shape index (κ1) is 30.0. The summed E-state index contributed by atoms with van der Waals surface area (Å²) in [4.78, 5) is 18.3. The highest BCUT2D eigenvalue weighted by Crippen LogP contribution is 2.49. The number of aromatic nitrogens is 4. The van der Waals surface area contributed by atoms with Gasteiger partial charge < -0.3 is 23.4 Å². The third kappa shape index (κ3) is 5.30. The SMILES string of the molecule is CC(C)[Si]1(C(C)C)OC[C@H]2O[C@@H](n3cnc4c(N)ncnc43)[C@H](N=Cc3ccccc3)[C@@H]2O[Si](C(C)C)(C(C)C)O1. The van der Waals surface area contributed by atoms with Crippen molar-refractivity contribution in [1.29, 1.82) is 0 Å². The van der Waals surface area contributed by atoms with Crippen molar-refractivity contribution in [3.05, 3.63) is 48.5 Å². The minimum absolute atomic E-state index is 0.189. The van der Waals surface area contributed by atoms with Gasteiger partial charge in [-0.25, -0.2) is 15.0 Å². The molecule has 2 aliphatic rings. The Balaban J connectivity index is 1.64. The molecule has 0 unspecified atom stereocenters. The predicted molar refractivity (Wildman–Crippen MR) is 165 cm³/mol. The molecule has 0 radical (unpaired) electrons. The molecule has 0 saturated carbocycles. The monoisotopic (exact) mass is 596 g/mol. The zero-order valence-corrected chi connectivity index (χ0v) is 27.4. The smallest absolute Gasteiger partial charge is 0.335 e. The molecule has 2 saturated heterocycles. The number of aliphatic imine (C=N–C) groups is 1. The van der Waals surface area contributed by atoms with Crippen molar-refractivity contribution in [1.82, 2.24) is 19.5 Å². The Labute approximate surface area is 245 Å². The molecule has 2 aliphatic heterocycles. The molecule has 0 bridgehead atoms. The van der Waals surface area contributed by atoms with Crippen molar-refractivity contribution >= 4 is 40.3 Å². The molecule has 2 N–H and O–H groups in total. The molecule has 222 valence electrons. The van der Waals surface area contributed by atoms with Crippen LogP contribution in [0.5, 0.6) is 0 Å². The van der Waals surface area contributed by atoms with Crippen molar-refractivity contribution in [2.75, 3.05) is 12.3 Å². The summed E-state index contributed by atoms with van der Waals surface area (Å²) in [6.07, 6.45) is 3.77. The van der Waals surface area contributed by atoms with Crippen LogP contribution in [0.25, 0.3) is 11.2 Å². The van der Waals surface area contributed by atoms with E-state index in [1.807, 2.05) is 41.1 Å². The van der Waals surface area contributed by atoms with Gasteiger partial charge in [0.2, 0.25) is 0 Å². The molecule has 4 heterocycles. The highest BCUT2D eigenvalue weighted by molar-refractivity contribution is 6.84. The van der Waals surface area contributed by atoms with E-state index in [1.165, 1.54) is 6.33 Å². The Morgan fingerprint density at radius 2 is 1.59 bits per heavy atom. The highest BCUT2D eigenvalue weighted by Gasteiger charge is 2.62. The van der Waals surface area contributed by atoms with Gasteiger partial charge >= 0.3 is 17.1 Å². The maximum absolute atomic E-state index is 7.41. The Kier molecular flexibility index (Phi) is 8.52. The number of imidazole rings is 1. The maximum atomic E-state index is 7.41. The number of ether oxygens (including phenoxy) is 1. The number of anilines is 1. The zero-order chi connectivity index (χ0) is 29.5. The van der Waals surface area contributed by atoms with E-state index in [0.717, 1.165) is 5.56 Å². The van der Waals surface area contributed by atoms with E-state index in [4.69, 9.17) is 28.4 Å². The van der Waals surface area contributed by atoms with E-state index in [0.29, 0.717) is 23.6 Å².